The van der Waals surface area contributed by atoms with Crippen molar-refractivity contribution in [2.24, 2.45) is 5.92 Å². The summed E-state index contributed by atoms with van der Waals surface area (Å²) in [5, 5.41) is 0. The molecule has 1 aromatic carbocycles. The van der Waals surface area contributed by atoms with E-state index in [2.05, 4.69) is 15.9 Å². The second-order valence-electron chi connectivity index (χ2n) is 4.30. The van der Waals surface area contributed by atoms with E-state index in [1.807, 2.05) is 0 Å². The molecule has 114 valence electrons. The van der Waals surface area contributed by atoms with Gasteiger partial charge in [-0.3, -0.25) is 4.79 Å². The normalized spacial score (nSPS) is 14.0. The Bertz CT molecular complexity index is 565. The van der Waals surface area contributed by atoms with E-state index >= 15 is 0 Å². The first kappa shape index (κ1) is 18.0. The lowest BCUT2D eigenvalue weighted by Gasteiger charge is -2.12. The molecule has 6 heteroatoms. The highest BCUT2D eigenvalue weighted by Gasteiger charge is 2.35. The molecule has 0 saturated carbocycles. The molecule has 0 saturated heterocycles. The van der Waals surface area contributed by atoms with E-state index in [-0.39, 0.29) is 11.7 Å². The second kappa shape index (κ2) is 7.80. The van der Waals surface area contributed by atoms with Gasteiger partial charge in [-0.25, -0.2) is 0 Å². The van der Waals surface area contributed by atoms with Crippen LogP contribution in [0.5, 0.6) is 0 Å². The molecule has 0 fully saturated rings. The molecule has 1 rings (SSSR count). The molecule has 0 heterocycles. The van der Waals surface area contributed by atoms with Gasteiger partial charge in [-0.1, -0.05) is 46.3 Å². The highest BCUT2D eigenvalue weighted by atomic mass is 79.9. The molecule has 1 aromatic rings. The molecule has 0 bridgehead atoms. The van der Waals surface area contributed by atoms with E-state index < -0.39 is 12.1 Å². The van der Waals surface area contributed by atoms with Crippen LogP contribution in [-0.4, -0.2) is 17.8 Å². The highest BCUT2D eigenvalue weighted by molar-refractivity contribution is 9.10. The largest absolute Gasteiger partial charge is 0.398 e. The SMILES string of the molecule is CC(=O)c1ccc(/C=C/C(/C=C/CCl)C(F)(F)F)cc1Br. The van der Waals surface area contributed by atoms with Crippen LogP contribution < -0.4 is 0 Å². The molecule has 0 aliphatic heterocycles. The van der Waals surface area contributed by atoms with Crippen LogP contribution in [0.15, 0.2) is 40.9 Å². The third kappa shape index (κ3) is 5.67. The topological polar surface area (TPSA) is 17.1 Å². The van der Waals surface area contributed by atoms with Gasteiger partial charge in [0.2, 0.25) is 0 Å². The van der Waals surface area contributed by atoms with Crippen LogP contribution in [0.4, 0.5) is 13.2 Å². The molecule has 1 unspecified atom stereocenters. The minimum absolute atomic E-state index is 0.0271. The molecule has 0 spiro atoms. The molecule has 0 aliphatic carbocycles. The van der Waals surface area contributed by atoms with Crippen molar-refractivity contribution in [2.75, 3.05) is 5.88 Å². The fraction of sp³-hybridized carbons (Fsp3) is 0.267. The van der Waals surface area contributed by atoms with Gasteiger partial charge in [0.05, 0.1) is 5.92 Å². The zero-order valence-electron chi connectivity index (χ0n) is 11.1. The number of rotatable bonds is 5. The van der Waals surface area contributed by atoms with Crippen LogP contribution in [0.3, 0.4) is 0 Å². The van der Waals surface area contributed by atoms with Gasteiger partial charge < -0.3 is 0 Å². The molecule has 1 atom stereocenters. The Balaban J connectivity index is 2.99. The van der Waals surface area contributed by atoms with E-state index in [1.165, 1.54) is 19.1 Å². The fourth-order valence-corrected chi connectivity index (χ4v) is 2.39. The van der Waals surface area contributed by atoms with Crippen LogP contribution in [0.25, 0.3) is 6.08 Å². The second-order valence-corrected chi connectivity index (χ2v) is 5.47. The van der Waals surface area contributed by atoms with Gasteiger partial charge >= 0.3 is 6.18 Å². The zero-order valence-corrected chi connectivity index (χ0v) is 13.5. The molecule has 0 aromatic heterocycles. The molecule has 1 nitrogen and oxygen atoms in total. The van der Waals surface area contributed by atoms with Gasteiger partial charge in [-0.05, 0) is 24.6 Å². The summed E-state index contributed by atoms with van der Waals surface area (Å²) in [7, 11) is 0. The van der Waals surface area contributed by atoms with Gasteiger partial charge in [-0.15, -0.1) is 11.6 Å². The van der Waals surface area contributed by atoms with Crippen molar-refractivity contribution in [2.45, 2.75) is 13.1 Å². The number of carbonyl (C=O) groups excluding carboxylic acids is 1. The predicted molar refractivity (Wildman–Crippen MR) is 82.6 cm³/mol. The van der Waals surface area contributed by atoms with Crippen LogP contribution in [0.1, 0.15) is 22.8 Å². The maximum Gasteiger partial charge on any atom is 0.398 e. The van der Waals surface area contributed by atoms with Crippen molar-refractivity contribution in [1.29, 1.82) is 0 Å². The standard InChI is InChI=1S/C15H13BrClF3O/c1-10(21)13-7-5-11(9-14(13)16)4-6-12(3-2-8-17)15(18,19)20/h2-7,9,12H,8H2,1H3/b3-2+,6-4+. The number of halogens is 5. The summed E-state index contributed by atoms with van der Waals surface area (Å²) in [6.45, 7) is 1.42. The number of alkyl halides is 4. The lowest BCUT2D eigenvalue weighted by molar-refractivity contribution is -0.148. The predicted octanol–water partition coefficient (Wildman–Crippen LogP) is 5.64. The fourth-order valence-electron chi connectivity index (χ4n) is 1.62. The van der Waals surface area contributed by atoms with Crippen LogP contribution >= 0.6 is 27.5 Å². The summed E-state index contributed by atoms with van der Waals surface area (Å²) in [5.41, 5.74) is 1.06. The van der Waals surface area contributed by atoms with E-state index in [0.29, 0.717) is 15.6 Å². The number of ketones is 1. The van der Waals surface area contributed by atoms with Gasteiger partial charge in [0.25, 0.3) is 0 Å². The molecule has 21 heavy (non-hydrogen) atoms. The number of hydrogen-bond acceptors (Lipinski definition) is 1. The maximum absolute atomic E-state index is 12.8. The van der Waals surface area contributed by atoms with Gasteiger partial charge in [0, 0.05) is 15.9 Å². The average Bonchev–Trinajstić information content (AvgIpc) is 2.36. The smallest absolute Gasteiger partial charge is 0.294 e. The quantitative estimate of drug-likeness (QED) is 0.366. The Labute approximate surface area is 134 Å². The van der Waals surface area contributed by atoms with Gasteiger partial charge in [-0.2, -0.15) is 13.2 Å². The summed E-state index contributed by atoms with van der Waals surface area (Å²) < 4.78 is 38.9. The summed E-state index contributed by atoms with van der Waals surface area (Å²) >= 11 is 8.59. The Morgan fingerprint density at radius 2 is 2.05 bits per heavy atom. The van der Waals surface area contributed by atoms with E-state index in [4.69, 9.17) is 11.6 Å². The van der Waals surface area contributed by atoms with Crippen molar-refractivity contribution in [3.63, 3.8) is 0 Å². The van der Waals surface area contributed by atoms with Crippen LogP contribution in [0, 0.1) is 5.92 Å². The third-order valence-corrected chi connectivity index (χ3v) is 3.51. The minimum atomic E-state index is -4.37. The third-order valence-electron chi connectivity index (χ3n) is 2.68. The van der Waals surface area contributed by atoms with E-state index in [1.54, 1.807) is 18.2 Å². The van der Waals surface area contributed by atoms with E-state index in [9.17, 15) is 18.0 Å². The minimum Gasteiger partial charge on any atom is -0.294 e. The molecule has 0 aliphatic rings. The van der Waals surface area contributed by atoms with Crippen LogP contribution in [-0.2, 0) is 0 Å². The summed E-state index contributed by atoms with van der Waals surface area (Å²) in [5.74, 6) is -1.78. The summed E-state index contributed by atoms with van der Waals surface area (Å²) in [6.07, 6.45) is 0.334. The molecular formula is C15H13BrClF3O. The molecular weight excluding hydrogens is 369 g/mol. The molecule has 0 radical (unpaired) electrons. The number of benzene rings is 1. The zero-order chi connectivity index (χ0) is 16.0. The Kier molecular flexibility index (Phi) is 6.68. The Morgan fingerprint density at radius 3 is 2.52 bits per heavy atom. The van der Waals surface area contributed by atoms with Gasteiger partial charge in [0.1, 0.15) is 0 Å². The van der Waals surface area contributed by atoms with Crippen molar-refractivity contribution in [3.8, 4) is 0 Å². The van der Waals surface area contributed by atoms with Gasteiger partial charge in [0.15, 0.2) is 5.78 Å². The van der Waals surface area contributed by atoms with Crippen molar-refractivity contribution >= 4 is 39.4 Å². The number of carbonyl (C=O) groups is 1. The van der Waals surface area contributed by atoms with Crippen molar-refractivity contribution in [1.82, 2.24) is 0 Å². The van der Waals surface area contributed by atoms with Crippen LogP contribution in [0.2, 0.25) is 0 Å². The monoisotopic (exact) mass is 380 g/mol. The average molecular weight is 382 g/mol. The van der Waals surface area contributed by atoms with E-state index in [0.717, 1.165) is 12.2 Å². The first-order valence-corrected chi connectivity index (χ1v) is 7.36. The number of Topliss-reactive ketones (excluding diaryl/α,β-unsaturated/α-hetero) is 1. The summed E-state index contributed by atoms with van der Waals surface area (Å²) in [4.78, 5) is 11.3. The lowest BCUT2D eigenvalue weighted by atomic mass is 10.0. The molecule has 0 N–H and O–H groups in total. The first-order chi connectivity index (χ1) is 9.75. The highest BCUT2D eigenvalue weighted by Crippen LogP contribution is 2.29. The number of hydrogen-bond donors (Lipinski definition) is 0. The Hall–Kier alpha value is -1.07. The summed E-state index contributed by atoms with van der Waals surface area (Å²) in [6, 6.07) is 4.77. The lowest BCUT2D eigenvalue weighted by Crippen LogP contribution is -2.18. The molecule has 0 amide bonds. The number of allylic oxidation sites excluding steroid dienone is 3. The van der Waals surface area contributed by atoms with Crippen molar-refractivity contribution in [3.05, 3.63) is 52.0 Å². The maximum atomic E-state index is 12.8. The van der Waals surface area contributed by atoms with Crippen molar-refractivity contribution < 1.29 is 18.0 Å². The Morgan fingerprint density at radius 1 is 1.38 bits per heavy atom. The first-order valence-electron chi connectivity index (χ1n) is 6.03.